The van der Waals surface area contributed by atoms with Crippen LogP contribution in [0.15, 0.2) is 54.9 Å². The Labute approximate surface area is 167 Å². The Kier molecular flexibility index (Phi) is 6.29. The second-order valence-corrected chi connectivity index (χ2v) is 6.33. The van der Waals surface area contributed by atoms with Crippen molar-refractivity contribution in [1.29, 1.82) is 0 Å². The van der Waals surface area contributed by atoms with Gasteiger partial charge in [0.25, 0.3) is 0 Å². The minimum atomic E-state index is -0.382. The Hall–Kier alpha value is -3.32. The molecule has 0 amide bonds. The molecule has 1 aromatic heterocycles. The predicted molar refractivity (Wildman–Crippen MR) is 111 cm³/mol. The van der Waals surface area contributed by atoms with Crippen LogP contribution in [0.2, 0.25) is 5.02 Å². The number of nitrogen functional groups attached to an aromatic ring is 1. The molecule has 2 aromatic carbocycles. The number of anilines is 4. The third-order valence-corrected chi connectivity index (χ3v) is 4.15. The Morgan fingerprint density at radius 1 is 1.14 bits per heavy atom. The molecule has 0 atom stereocenters. The van der Waals surface area contributed by atoms with Gasteiger partial charge in [-0.05, 0) is 42.8 Å². The number of hydrogen-bond donors (Lipinski definition) is 3. The molecule has 0 bridgehead atoms. The van der Waals surface area contributed by atoms with Crippen molar-refractivity contribution in [3.05, 3.63) is 71.0 Å². The molecule has 0 unspecified atom stereocenters. The summed E-state index contributed by atoms with van der Waals surface area (Å²) in [6.07, 6.45) is 1.41. The SMILES string of the molecule is CCOC(=O)c1cccc(Nc2ncnc(NCc3ccc(Cl)cc3)c2N)c1. The molecule has 0 radical (unpaired) electrons. The molecule has 3 aromatic rings. The van der Waals surface area contributed by atoms with Crippen molar-refractivity contribution in [3.8, 4) is 0 Å². The van der Waals surface area contributed by atoms with E-state index >= 15 is 0 Å². The van der Waals surface area contributed by atoms with Gasteiger partial charge < -0.3 is 21.1 Å². The van der Waals surface area contributed by atoms with E-state index in [1.165, 1.54) is 6.33 Å². The third-order valence-electron chi connectivity index (χ3n) is 3.89. The van der Waals surface area contributed by atoms with Crippen molar-refractivity contribution >= 4 is 40.6 Å². The number of rotatable bonds is 7. The number of benzene rings is 2. The van der Waals surface area contributed by atoms with E-state index in [2.05, 4.69) is 20.6 Å². The highest BCUT2D eigenvalue weighted by Crippen LogP contribution is 2.26. The van der Waals surface area contributed by atoms with Crippen LogP contribution in [-0.4, -0.2) is 22.5 Å². The van der Waals surface area contributed by atoms with E-state index in [0.29, 0.717) is 46.7 Å². The van der Waals surface area contributed by atoms with Gasteiger partial charge in [-0.3, -0.25) is 0 Å². The fourth-order valence-corrected chi connectivity index (χ4v) is 2.63. The normalized spacial score (nSPS) is 10.4. The standard InChI is InChI=1S/C20H20ClN5O2/c1-2-28-20(27)14-4-3-5-16(10-14)26-19-17(22)18(24-12-25-19)23-11-13-6-8-15(21)9-7-13/h3-10,12H,2,11,22H2,1H3,(H2,23,24,25,26). The number of hydrogen-bond acceptors (Lipinski definition) is 7. The molecule has 0 aliphatic carbocycles. The van der Waals surface area contributed by atoms with Gasteiger partial charge in [-0.25, -0.2) is 14.8 Å². The van der Waals surface area contributed by atoms with Crippen molar-refractivity contribution in [2.75, 3.05) is 23.0 Å². The van der Waals surface area contributed by atoms with Gasteiger partial charge in [-0.2, -0.15) is 0 Å². The molecule has 0 spiro atoms. The number of esters is 1. The number of carbonyl (C=O) groups excluding carboxylic acids is 1. The second kappa shape index (κ2) is 9.05. The van der Waals surface area contributed by atoms with Crippen molar-refractivity contribution in [2.45, 2.75) is 13.5 Å². The highest BCUT2D eigenvalue weighted by atomic mass is 35.5. The minimum Gasteiger partial charge on any atom is -0.462 e. The summed E-state index contributed by atoms with van der Waals surface area (Å²) in [6.45, 7) is 2.62. The maximum absolute atomic E-state index is 11.9. The lowest BCUT2D eigenvalue weighted by atomic mass is 10.2. The molecule has 144 valence electrons. The average Bonchev–Trinajstić information content (AvgIpc) is 2.70. The monoisotopic (exact) mass is 397 g/mol. The number of nitrogens with two attached hydrogens (primary N) is 1. The van der Waals surface area contributed by atoms with Crippen LogP contribution in [0.1, 0.15) is 22.8 Å². The van der Waals surface area contributed by atoms with Crippen LogP contribution < -0.4 is 16.4 Å². The van der Waals surface area contributed by atoms with Crippen molar-refractivity contribution < 1.29 is 9.53 Å². The summed E-state index contributed by atoms with van der Waals surface area (Å²) in [4.78, 5) is 20.3. The van der Waals surface area contributed by atoms with E-state index in [1.54, 1.807) is 25.1 Å². The van der Waals surface area contributed by atoms with Crippen LogP contribution >= 0.6 is 11.6 Å². The second-order valence-electron chi connectivity index (χ2n) is 5.89. The topological polar surface area (TPSA) is 102 Å². The molecule has 3 rings (SSSR count). The van der Waals surface area contributed by atoms with Crippen LogP contribution in [0, 0.1) is 0 Å². The predicted octanol–water partition coefficient (Wildman–Crippen LogP) is 4.24. The van der Waals surface area contributed by atoms with Gasteiger partial charge in [0, 0.05) is 17.3 Å². The van der Waals surface area contributed by atoms with E-state index in [9.17, 15) is 4.79 Å². The molecule has 0 saturated heterocycles. The molecule has 0 aliphatic heterocycles. The van der Waals surface area contributed by atoms with Gasteiger partial charge in [-0.15, -0.1) is 0 Å². The summed E-state index contributed by atoms with van der Waals surface area (Å²) in [5, 5.41) is 6.98. The lowest BCUT2D eigenvalue weighted by Crippen LogP contribution is -2.08. The smallest absolute Gasteiger partial charge is 0.338 e. The molecule has 4 N–H and O–H groups in total. The Morgan fingerprint density at radius 3 is 2.64 bits per heavy atom. The summed E-state index contributed by atoms with van der Waals surface area (Å²) >= 11 is 5.90. The number of aromatic nitrogens is 2. The fourth-order valence-electron chi connectivity index (χ4n) is 2.50. The molecule has 8 heteroatoms. The van der Waals surface area contributed by atoms with Crippen molar-refractivity contribution in [1.82, 2.24) is 9.97 Å². The van der Waals surface area contributed by atoms with E-state index in [4.69, 9.17) is 22.1 Å². The lowest BCUT2D eigenvalue weighted by molar-refractivity contribution is 0.0526. The molecule has 7 nitrogen and oxygen atoms in total. The van der Waals surface area contributed by atoms with Crippen molar-refractivity contribution in [2.24, 2.45) is 0 Å². The number of nitrogens with zero attached hydrogens (tertiary/aromatic N) is 2. The Morgan fingerprint density at radius 2 is 1.89 bits per heavy atom. The van der Waals surface area contributed by atoms with Crippen LogP contribution in [-0.2, 0) is 11.3 Å². The molecular weight excluding hydrogens is 378 g/mol. The fraction of sp³-hybridized carbons (Fsp3) is 0.150. The molecule has 0 fully saturated rings. The van der Waals surface area contributed by atoms with Gasteiger partial charge in [0.05, 0.1) is 12.2 Å². The number of nitrogens with one attached hydrogen (secondary N) is 2. The first-order valence-electron chi connectivity index (χ1n) is 8.70. The Bertz CT molecular complexity index is 963. The first-order chi connectivity index (χ1) is 13.6. The molecule has 0 aliphatic rings. The number of carbonyl (C=O) groups is 1. The summed E-state index contributed by atoms with van der Waals surface area (Å²) in [5.41, 5.74) is 8.73. The van der Waals surface area contributed by atoms with Gasteiger partial charge in [-0.1, -0.05) is 29.8 Å². The van der Waals surface area contributed by atoms with Gasteiger partial charge in [0.15, 0.2) is 11.6 Å². The first kappa shape index (κ1) is 19.4. The highest BCUT2D eigenvalue weighted by Gasteiger charge is 2.11. The van der Waals surface area contributed by atoms with E-state index < -0.39 is 0 Å². The highest BCUT2D eigenvalue weighted by molar-refractivity contribution is 6.30. The largest absolute Gasteiger partial charge is 0.462 e. The third kappa shape index (κ3) is 4.89. The summed E-state index contributed by atoms with van der Waals surface area (Å²) in [7, 11) is 0. The zero-order chi connectivity index (χ0) is 19.9. The van der Waals surface area contributed by atoms with Crippen LogP contribution in [0.25, 0.3) is 0 Å². The zero-order valence-corrected chi connectivity index (χ0v) is 16.0. The molecule has 28 heavy (non-hydrogen) atoms. The van der Waals surface area contributed by atoms with Crippen LogP contribution in [0.5, 0.6) is 0 Å². The molecule has 0 saturated carbocycles. The maximum Gasteiger partial charge on any atom is 0.338 e. The molecular formula is C20H20ClN5O2. The number of ether oxygens (including phenoxy) is 1. The van der Waals surface area contributed by atoms with E-state index in [0.717, 1.165) is 5.56 Å². The lowest BCUT2D eigenvalue weighted by Gasteiger charge is -2.13. The summed E-state index contributed by atoms with van der Waals surface area (Å²) in [6, 6.07) is 14.4. The van der Waals surface area contributed by atoms with E-state index in [1.807, 2.05) is 30.3 Å². The first-order valence-corrected chi connectivity index (χ1v) is 9.07. The zero-order valence-electron chi connectivity index (χ0n) is 15.3. The number of halogens is 1. The average molecular weight is 398 g/mol. The van der Waals surface area contributed by atoms with Gasteiger partial charge in [0.1, 0.15) is 12.0 Å². The minimum absolute atomic E-state index is 0.317. The quantitative estimate of drug-likeness (QED) is 0.512. The van der Waals surface area contributed by atoms with Gasteiger partial charge in [0.2, 0.25) is 0 Å². The molecule has 1 heterocycles. The van der Waals surface area contributed by atoms with Gasteiger partial charge >= 0.3 is 5.97 Å². The van der Waals surface area contributed by atoms with Crippen LogP contribution in [0.3, 0.4) is 0 Å². The van der Waals surface area contributed by atoms with Crippen molar-refractivity contribution in [3.63, 3.8) is 0 Å². The van der Waals surface area contributed by atoms with E-state index in [-0.39, 0.29) is 5.97 Å². The Balaban J connectivity index is 1.73. The maximum atomic E-state index is 11.9. The van der Waals surface area contributed by atoms with Crippen LogP contribution in [0.4, 0.5) is 23.0 Å². The summed E-state index contributed by atoms with van der Waals surface area (Å²) < 4.78 is 5.02. The summed E-state index contributed by atoms with van der Waals surface area (Å²) in [5.74, 6) is 0.566.